The van der Waals surface area contributed by atoms with Crippen molar-refractivity contribution in [2.75, 3.05) is 0 Å². The van der Waals surface area contributed by atoms with E-state index in [0.29, 0.717) is 0 Å². The van der Waals surface area contributed by atoms with E-state index in [2.05, 4.69) is 0 Å². The van der Waals surface area contributed by atoms with E-state index in [0.717, 1.165) is 0 Å². The molecule has 0 aromatic carbocycles. The minimum absolute atomic E-state index is 2.00. The molecule has 0 spiro atoms. The summed E-state index contributed by atoms with van der Waals surface area (Å²) in [6.45, 7) is 4.00. The Morgan fingerprint density at radius 1 is 1.33 bits per heavy atom. The van der Waals surface area contributed by atoms with E-state index in [9.17, 15) is 0 Å². The monoisotopic (exact) mass is 112 g/mol. The van der Waals surface area contributed by atoms with Crippen molar-refractivity contribution in [3.8, 4) is 0 Å². The van der Waals surface area contributed by atoms with Crippen molar-refractivity contribution in [3.05, 3.63) is 0 Å². The highest BCUT2D eigenvalue weighted by Gasteiger charge is 1.61. The Morgan fingerprint density at radius 2 is 1.33 bits per heavy atom. The molecule has 2 N–H and O–H groups in total. The highest BCUT2D eigenvalue weighted by atomic mass is 31.1. The molecular formula is C2H9O3P. The highest BCUT2D eigenvalue weighted by molar-refractivity contribution is 7.30. The maximum atomic E-state index is 8.74. The van der Waals surface area contributed by atoms with Gasteiger partial charge in [0, 0.05) is 0 Å². The Kier molecular flexibility index (Phi) is 14.1. The van der Waals surface area contributed by atoms with Gasteiger partial charge in [-0.05, 0) is 0 Å². The fraction of sp³-hybridized carbons (Fsp3) is 1.00. The summed E-state index contributed by atoms with van der Waals surface area (Å²) < 4.78 is 8.74. The Labute approximate surface area is 37.6 Å². The van der Waals surface area contributed by atoms with Crippen molar-refractivity contribution in [2.45, 2.75) is 13.8 Å². The molecule has 0 rings (SSSR count). The fourth-order valence-electron chi connectivity index (χ4n) is 0. The molecule has 0 aromatic heterocycles. The van der Waals surface area contributed by atoms with Gasteiger partial charge in [0.05, 0.1) is 0 Å². The van der Waals surface area contributed by atoms with E-state index < -0.39 is 8.25 Å². The zero-order valence-electron chi connectivity index (χ0n) is 3.80. The summed E-state index contributed by atoms with van der Waals surface area (Å²) >= 11 is 0. The summed E-state index contributed by atoms with van der Waals surface area (Å²) in [5, 5.41) is 0. The lowest BCUT2D eigenvalue weighted by atomic mass is 11.0. The van der Waals surface area contributed by atoms with Crippen LogP contribution in [0, 0.1) is 0 Å². The maximum absolute atomic E-state index is 8.74. The topological polar surface area (TPSA) is 57.5 Å². The van der Waals surface area contributed by atoms with Gasteiger partial charge < -0.3 is 9.79 Å². The molecule has 0 fully saturated rings. The van der Waals surface area contributed by atoms with Gasteiger partial charge in [0.25, 0.3) is 0 Å². The first-order valence-electron chi connectivity index (χ1n) is 1.65. The van der Waals surface area contributed by atoms with Crippen LogP contribution in [-0.4, -0.2) is 9.79 Å². The molecule has 0 bridgehead atoms. The van der Waals surface area contributed by atoms with E-state index in [1.54, 1.807) is 0 Å². The lowest BCUT2D eigenvalue weighted by Crippen LogP contribution is -1.38. The summed E-state index contributed by atoms with van der Waals surface area (Å²) in [6, 6.07) is 0. The Bertz CT molecular complexity index is 31.8. The molecule has 0 saturated heterocycles. The predicted octanol–water partition coefficient (Wildman–Crippen LogP) is 0.387. The van der Waals surface area contributed by atoms with Crippen molar-refractivity contribution >= 4 is 8.25 Å². The minimum Gasteiger partial charge on any atom is -0.326 e. The van der Waals surface area contributed by atoms with Gasteiger partial charge in [-0.3, -0.25) is 4.57 Å². The van der Waals surface area contributed by atoms with Crippen LogP contribution < -0.4 is 0 Å². The second-order valence-electron chi connectivity index (χ2n) is 0.283. The van der Waals surface area contributed by atoms with Crippen LogP contribution in [0.25, 0.3) is 0 Å². The highest BCUT2D eigenvalue weighted by Crippen LogP contribution is 1.98. The lowest BCUT2D eigenvalue weighted by Gasteiger charge is -1.61. The van der Waals surface area contributed by atoms with E-state index in [1.807, 2.05) is 13.8 Å². The summed E-state index contributed by atoms with van der Waals surface area (Å²) in [5.41, 5.74) is 0. The molecule has 0 heterocycles. The largest absolute Gasteiger partial charge is 0.326 e. The number of rotatable bonds is 0. The summed E-state index contributed by atoms with van der Waals surface area (Å²) in [4.78, 5) is 14.3. The molecule has 0 aliphatic rings. The van der Waals surface area contributed by atoms with Crippen LogP contribution in [0.1, 0.15) is 13.8 Å². The zero-order chi connectivity index (χ0) is 5.58. The van der Waals surface area contributed by atoms with Gasteiger partial charge in [-0.25, -0.2) is 0 Å². The van der Waals surface area contributed by atoms with E-state index >= 15 is 0 Å². The minimum atomic E-state index is -3.13. The third-order valence-electron chi connectivity index (χ3n) is 0. The lowest BCUT2D eigenvalue weighted by molar-refractivity contribution is 0.405. The first kappa shape index (κ1) is 9.47. The van der Waals surface area contributed by atoms with Crippen molar-refractivity contribution in [1.82, 2.24) is 0 Å². The molecular weight excluding hydrogens is 103 g/mol. The van der Waals surface area contributed by atoms with Crippen molar-refractivity contribution < 1.29 is 14.4 Å². The van der Waals surface area contributed by atoms with Gasteiger partial charge in [0.1, 0.15) is 0 Å². The standard InChI is InChI=1S/C2H6.H3O3P/c1-2;1-4(2)3/h1-2H3;4H,(H2,1,2,3). The normalized spacial score (nSPS) is 6.83. The van der Waals surface area contributed by atoms with Gasteiger partial charge in [0.15, 0.2) is 0 Å². The smallest absolute Gasteiger partial charge is 0.314 e. The fourth-order valence-corrected chi connectivity index (χ4v) is 0. The third-order valence-corrected chi connectivity index (χ3v) is 0. The molecule has 0 atom stereocenters. The Balaban J connectivity index is 0. The zero-order valence-corrected chi connectivity index (χ0v) is 4.80. The molecule has 6 heavy (non-hydrogen) atoms. The second kappa shape index (κ2) is 8.94. The number of hydrogen-bond acceptors (Lipinski definition) is 1. The first-order chi connectivity index (χ1) is 2.73. The molecule has 4 heteroatoms. The summed E-state index contributed by atoms with van der Waals surface area (Å²) in [7, 11) is -3.13. The van der Waals surface area contributed by atoms with Gasteiger partial charge in [-0.2, -0.15) is 0 Å². The van der Waals surface area contributed by atoms with Crippen LogP contribution in [0.15, 0.2) is 0 Å². The van der Waals surface area contributed by atoms with Gasteiger partial charge in [-0.1, -0.05) is 13.8 Å². The molecule has 3 nitrogen and oxygen atoms in total. The van der Waals surface area contributed by atoms with Crippen LogP contribution in [-0.2, 0) is 4.57 Å². The van der Waals surface area contributed by atoms with Crippen LogP contribution in [0.2, 0.25) is 0 Å². The van der Waals surface area contributed by atoms with Gasteiger partial charge in [0.2, 0.25) is 0 Å². The van der Waals surface area contributed by atoms with Crippen LogP contribution in [0.4, 0.5) is 0 Å². The first-order valence-corrected chi connectivity index (χ1v) is 2.95. The molecule has 0 amide bonds. The van der Waals surface area contributed by atoms with Gasteiger partial charge >= 0.3 is 8.25 Å². The van der Waals surface area contributed by atoms with Crippen molar-refractivity contribution in [3.63, 3.8) is 0 Å². The van der Waals surface area contributed by atoms with Crippen LogP contribution in [0.3, 0.4) is 0 Å². The average molecular weight is 112 g/mol. The SMILES string of the molecule is CC.O=[PH](O)O. The summed E-state index contributed by atoms with van der Waals surface area (Å²) in [6.07, 6.45) is 0. The van der Waals surface area contributed by atoms with E-state index in [-0.39, 0.29) is 0 Å². The van der Waals surface area contributed by atoms with Crippen LogP contribution in [0.5, 0.6) is 0 Å². The number of hydrogen-bond donors (Lipinski definition) is 2. The van der Waals surface area contributed by atoms with Gasteiger partial charge in [-0.15, -0.1) is 0 Å². The molecule has 0 saturated carbocycles. The quantitative estimate of drug-likeness (QED) is 0.445. The van der Waals surface area contributed by atoms with E-state index in [4.69, 9.17) is 14.4 Å². The maximum Gasteiger partial charge on any atom is 0.314 e. The Hall–Kier alpha value is 0.150. The molecule has 0 unspecified atom stereocenters. The molecule has 0 aliphatic carbocycles. The third kappa shape index (κ3) is 1830. The molecule has 0 radical (unpaired) electrons. The van der Waals surface area contributed by atoms with Crippen molar-refractivity contribution in [1.29, 1.82) is 0 Å². The second-order valence-corrected chi connectivity index (χ2v) is 0.848. The average Bonchev–Trinajstić information content (AvgIpc) is 1.41. The van der Waals surface area contributed by atoms with Crippen LogP contribution >= 0.6 is 8.25 Å². The molecule has 0 aromatic rings. The summed E-state index contributed by atoms with van der Waals surface area (Å²) in [5.74, 6) is 0. The molecule has 40 valence electrons. The van der Waals surface area contributed by atoms with Crippen molar-refractivity contribution in [2.24, 2.45) is 0 Å². The molecule has 0 aliphatic heterocycles. The Morgan fingerprint density at radius 3 is 1.33 bits per heavy atom. The van der Waals surface area contributed by atoms with E-state index in [1.165, 1.54) is 0 Å². The predicted molar refractivity (Wildman–Crippen MR) is 24.8 cm³/mol.